The lowest BCUT2D eigenvalue weighted by molar-refractivity contribution is -0.136. The Morgan fingerprint density at radius 1 is 1.55 bits per heavy atom. The molecule has 0 spiro atoms. The molecule has 2 rings (SSSR count). The number of thiophene rings is 1. The normalized spacial score (nSPS) is 18.6. The average Bonchev–Trinajstić information content (AvgIpc) is 2.99. The van der Waals surface area contributed by atoms with E-state index < -0.39 is 0 Å². The summed E-state index contributed by atoms with van der Waals surface area (Å²) in [5, 5.41) is 7.03. The van der Waals surface area contributed by atoms with Crippen molar-refractivity contribution < 1.29 is 9.59 Å². The van der Waals surface area contributed by atoms with E-state index in [1.807, 2.05) is 5.38 Å². The van der Waals surface area contributed by atoms with Crippen LogP contribution in [0, 0.1) is 0 Å². The highest BCUT2D eigenvalue weighted by Crippen LogP contribution is 2.17. The van der Waals surface area contributed by atoms with E-state index in [-0.39, 0.29) is 17.9 Å². The van der Waals surface area contributed by atoms with E-state index in [0.29, 0.717) is 18.8 Å². The van der Waals surface area contributed by atoms with E-state index in [9.17, 15) is 9.59 Å². The topological polar surface area (TPSA) is 49.4 Å². The van der Waals surface area contributed by atoms with Gasteiger partial charge in [0.25, 0.3) is 0 Å². The fraction of sp³-hybridized carbons (Fsp3) is 0.429. The van der Waals surface area contributed by atoms with Crippen LogP contribution in [-0.2, 0) is 16.0 Å². The van der Waals surface area contributed by atoms with Crippen molar-refractivity contribution in [1.29, 1.82) is 0 Å². The molecule has 0 aromatic carbocycles. The summed E-state index contributed by atoms with van der Waals surface area (Å²) >= 11 is 3.36. The Morgan fingerprint density at radius 3 is 3.10 bits per heavy atom. The molecule has 4 nitrogen and oxygen atoms in total. The van der Waals surface area contributed by atoms with Gasteiger partial charge in [0.1, 0.15) is 6.04 Å². The maximum atomic E-state index is 12.2. The standard InChI is InChI=1S/C14H18N2O2S2/c1-2-13(17)16-6-8-20-10-12(16)14(18)15-5-3-11-4-7-19-9-11/h2,4,7,9,12H,1,3,5-6,8,10H2,(H,15,18). The minimum absolute atomic E-state index is 0.0670. The van der Waals surface area contributed by atoms with Gasteiger partial charge in [0.15, 0.2) is 0 Å². The second kappa shape index (κ2) is 7.50. The first kappa shape index (κ1) is 15.1. The van der Waals surface area contributed by atoms with Crippen LogP contribution in [0.3, 0.4) is 0 Å². The number of carbonyl (C=O) groups excluding carboxylic acids is 2. The van der Waals surface area contributed by atoms with Crippen molar-refractivity contribution in [2.24, 2.45) is 0 Å². The minimum atomic E-state index is -0.373. The maximum Gasteiger partial charge on any atom is 0.246 e. The van der Waals surface area contributed by atoms with Crippen molar-refractivity contribution >= 4 is 34.9 Å². The summed E-state index contributed by atoms with van der Waals surface area (Å²) in [5.41, 5.74) is 1.23. The highest BCUT2D eigenvalue weighted by atomic mass is 32.2. The number of hydrogen-bond acceptors (Lipinski definition) is 4. The van der Waals surface area contributed by atoms with Crippen molar-refractivity contribution in [2.75, 3.05) is 24.6 Å². The Labute approximate surface area is 127 Å². The zero-order valence-electron chi connectivity index (χ0n) is 11.2. The third-order valence-corrected chi connectivity index (χ3v) is 4.94. The molecule has 1 aromatic heterocycles. The van der Waals surface area contributed by atoms with Crippen molar-refractivity contribution in [1.82, 2.24) is 10.2 Å². The lowest BCUT2D eigenvalue weighted by atomic mass is 10.2. The van der Waals surface area contributed by atoms with E-state index in [4.69, 9.17) is 0 Å². The molecule has 2 amide bonds. The molecule has 1 unspecified atom stereocenters. The minimum Gasteiger partial charge on any atom is -0.354 e. The van der Waals surface area contributed by atoms with Gasteiger partial charge in [-0.25, -0.2) is 0 Å². The first-order valence-electron chi connectivity index (χ1n) is 6.52. The number of nitrogens with zero attached hydrogens (tertiary/aromatic N) is 1. The van der Waals surface area contributed by atoms with Crippen LogP contribution >= 0.6 is 23.1 Å². The lowest BCUT2D eigenvalue weighted by Gasteiger charge is -2.33. The molecule has 0 bridgehead atoms. The number of rotatable bonds is 5. The molecule has 6 heteroatoms. The fourth-order valence-electron chi connectivity index (χ4n) is 2.08. The number of amides is 2. The van der Waals surface area contributed by atoms with Gasteiger partial charge in [0.05, 0.1) is 0 Å². The molecule has 0 aliphatic carbocycles. The molecular formula is C14H18N2O2S2. The van der Waals surface area contributed by atoms with Gasteiger partial charge in [-0.05, 0) is 34.9 Å². The molecule has 0 saturated carbocycles. The van der Waals surface area contributed by atoms with Crippen LogP contribution in [0.1, 0.15) is 5.56 Å². The zero-order chi connectivity index (χ0) is 14.4. The summed E-state index contributed by atoms with van der Waals surface area (Å²) < 4.78 is 0. The van der Waals surface area contributed by atoms with Gasteiger partial charge in [-0.15, -0.1) is 0 Å². The van der Waals surface area contributed by atoms with Crippen LogP contribution in [0.2, 0.25) is 0 Å². The molecule has 2 heterocycles. The summed E-state index contributed by atoms with van der Waals surface area (Å²) in [6.45, 7) is 4.71. The van der Waals surface area contributed by atoms with Gasteiger partial charge in [0, 0.05) is 24.6 Å². The van der Waals surface area contributed by atoms with Gasteiger partial charge >= 0.3 is 0 Å². The summed E-state index contributed by atoms with van der Waals surface area (Å²) in [4.78, 5) is 25.6. The number of thioether (sulfide) groups is 1. The largest absolute Gasteiger partial charge is 0.354 e. The van der Waals surface area contributed by atoms with Crippen molar-refractivity contribution in [2.45, 2.75) is 12.5 Å². The van der Waals surface area contributed by atoms with E-state index in [1.165, 1.54) is 11.6 Å². The number of carbonyl (C=O) groups is 2. The molecule has 1 aromatic rings. The highest BCUT2D eigenvalue weighted by molar-refractivity contribution is 7.99. The third kappa shape index (κ3) is 3.86. The molecule has 1 N–H and O–H groups in total. The Kier molecular flexibility index (Phi) is 5.67. The second-order valence-corrected chi connectivity index (χ2v) is 6.43. The van der Waals surface area contributed by atoms with Crippen LogP contribution < -0.4 is 5.32 Å². The Balaban J connectivity index is 1.85. The zero-order valence-corrected chi connectivity index (χ0v) is 12.8. The van der Waals surface area contributed by atoms with E-state index in [2.05, 4.69) is 23.3 Å². The van der Waals surface area contributed by atoms with Gasteiger partial charge in [-0.1, -0.05) is 6.58 Å². The SMILES string of the molecule is C=CC(=O)N1CCSCC1C(=O)NCCc1ccsc1. The fourth-order valence-corrected chi connectivity index (χ4v) is 3.83. The van der Waals surface area contributed by atoms with Gasteiger partial charge in [-0.2, -0.15) is 23.1 Å². The monoisotopic (exact) mass is 310 g/mol. The van der Waals surface area contributed by atoms with Crippen LogP contribution in [-0.4, -0.2) is 47.4 Å². The smallest absolute Gasteiger partial charge is 0.246 e. The Morgan fingerprint density at radius 2 is 2.40 bits per heavy atom. The molecule has 108 valence electrons. The molecule has 1 aliphatic heterocycles. The summed E-state index contributed by atoms with van der Waals surface area (Å²) in [5.74, 6) is 1.30. The molecule has 1 atom stereocenters. The molecule has 1 saturated heterocycles. The summed E-state index contributed by atoms with van der Waals surface area (Å²) in [6.07, 6.45) is 2.10. The van der Waals surface area contributed by atoms with Crippen LogP contribution in [0.4, 0.5) is 0 Å². The van der Waals surface area contributed by atoms with Gasteiger partial charge < -0.3 is 10.2 Å². The first-order chi connectivity index (χ1) is 9.72. The second-order valence-electron chi connectivity index (χ2n) is 4.50. The molecule has 20 heavy (non-hydrogen) atoms. The third-order valence-electron chi connectivity index (χ3n) is 3.18. The highest BCUT2D eigenvalue weighted by Gasteiger charge is 2.30. The average molecular weight is 310 g/mol. The maximum absolute atomic E-state index is 12.2. The molecular weight excluding hydrogens is 292 g/mol. The number of hydrogen-bond donors (Lipinski definition) is 1. The molecule has 1 fully saturated rings. The van der Waals surface area contributed by atoms with E-state index in [1.54, 1.807) is 28.0 Å². The predicted molar refractivity (Wildman–Crippen MR) is 84.1 cm³/mol. The van der Waals surface area contributed by atoms with Crippen LogP contribution in [0.5, 0.6) is 0 Å². The quantitative estimate of drug-likeness (QED) is 0.839. The first-order valence-corrected chi connectivity index (χ1v) is 8.61. The summed E-state index contributed by atoms with van der Waals surface area (Å²) in [6, 6.07) is 1.68. The van der Waals surface area contributed by atoms with Crippen LogP contribution in [0.25, 0.3) is 0 Å². The van der Waals surface area contributed by atoms with Crippen LogP contribution in [0.15, 0.2) is 29.5 Å². The molecule has 0 radical (unpaired) electrons. The predicted octanol–water partition coefficient (Wildman–Crippen LogP) is 1.54. The van der Waals surface area contributed by atoms with Gasteiger partial charge in [0.2, 0.25) is 11.8 Å². The van der Waals surface area contributed by atoms with Gasteiger partial charge in [-0.3, -0.25) is 9.59 Å². The summed E-state index contributed by atoms with van der Waals surface area (Å²) in [7, 11) is 0. The van der Waals surface area contributed by atoms with E-state index in [0.717, 1.165) is 12.2 Å². The Hall–Kier alpha value is -1.27. The molecule has 1 aliphatic rings. The van der Waals surface area contributed by atoms with E-state index >= 15 is 0 Å². The van der Waals surface area contributed by atoms with Crippen molar-refractivity contribution in [3.8, 4) is 0 Å². The van der Waals surface area contributed by atoms with Crippen molar-refractivity contribution in [3.05, 3.63) is 35.0 Å². The van der Waals surface area contributed by atoms with Crippen molar-refractivity contribution in [3.63, 3.8) is 0 Å². The number of nitrogens with one attached hydrogen (secondary N) is 1. The Bertz CT molecular complexity index is 474. The lowest BCUT2D eigenvalue weighted by Crippen LogP contribution is -2.53.